The summed E-state index contributed by atoms with van der Waals surface area (Å²) in [7, 11) is 0. The first-order chi connectivity index (χ1) is 19.7. The molecule has 1 atom stereocenters. The number of aromatic nitrogens is 5. The zero-order valence-corrected chi connectivity index (χ0v) is 22.9. The van der Waals surface area contributed by atoms with Crippen LogP contribution in [-0.2, 0) is 5.54 Å². The number of pyridine rings is 2. The maximum atomic E-state index is 13.9. The fourth-order valence-electron chi connectivity index (χ4n) is 6.39. The fraction of sp³-hybridized carbons (Fsp3) is 0.414. The molecule has 1 unspecified atom stereocenters. The van der Waals surface area contributed by atoms with E-state index in [1.807, 2.05) is 6.07 Å². The monoisotopic (exact) mass is 578 g/mol. The molecule has 12 heteroatoms. The van der Waals surface area contributed by atoms with Gasteiger partial charge in [0.25, 0.3) is 6.43 Å². The Morgan fingerprint density at radius 2 is 2.00 bits per heavy atom. The van der Waals surface area contributed by atoms with Crippen LogP contribution in [0.25, 0.3) is 10.9 Å². The molecule has 0 aliphatic heterocycles. The predicted octanol–water partition coefficient (Wildman–Crippen LogP) is 6.36. The fourth-order valence-corrected chi connectivity index (χ4v) is 6.66. The topological polar surface area (TPSA) is 104 Å². The zero-order chi connectivity index (χ0) is 28.5. The summed E-state index contributed by atoms with van der Waals surface area (Å²) in [5.41, 5.74) is 2.54. The van der Waals surface area contributed by atoms with Crippen LogP contribution >= 0.6 is 11.6 Å². The minimum atomic E-state index is -2.57. The standard InChI is InChI=1S/C29H26ClF3N8/c1-15-19(2-3-23(31)37-15)26(22-13-41(40-39-22)29(4-5-29)27(32)33)38-18-6-20-24(36-14-28-8-16(9-28)10-28)17(11-34)12-35-25(20)21(30)7-18/h2-3,6-7,12-13,16,26-27,38H,4-5,8-10,14H2,1H3,(H,35,36). The quantitative estimate of drug-likeness (QED) is 0.223. The van der Waals surface area contributed by atoms with Gasteiger partial charge < -0.3 is 10.6 Å². The van der Waals surface area contributed by atoms with E-state index in [2.05, 4.69) is 37.0 Å². The van der Waals surface area contributed by atoms with Crippen molar-refractivity contribution >= 4 is 33.9 Å². The summed E-state index contributed by atoms with van der Waals surface area (Å²) in [4.78, 5) is 8.41. The molecule has 4 aromatic rings. The van der Waals surface area contributed by atoms with E-state index in [9.17, 15) is 18.4 Å². The first-order valence-corrected chi connectivity index (χ1v) is 13.9. The molecule has 8 rings (SSSR count). The van der Waals surface area contributed by atoms with Crippen molar-refractivity contribution < 1.29 is 13.2 Å². The molecule has 0 amide bonds. The van der Waals surface area contributed by atoms with Crippen molar-refractivity contribution in [1.82, 2.24) is 25.0 Å². The molecule has 41 heavy (non-hydrogen) atoms. The Morgan fingerprint density at radius 1 is 1.22 bits per heavy atom. The number of benzene rings is 1. The molecular formula is C29H26ClF3N8. The minimum Gasteiger partial charge on any atom is -0.383 e. The van der Waals surface area contributed by atoms with Gasteiger partial charge in [0.15, 0.2) is 0 Å². The third-order valence-corrected chi connectivity index (χ3v) is 9.28. The molecular weight excluding hydrogens is 553 g/mol. The molecule has 2 bridgehead atoms. The molecule has 2 N–H and O–H groups in total. The molecule has 4 saturated carbocycles. The van der Waals surface area contributed by atoms with E-state index in [0.29, 0.717) is 68.1 Å². The van der Waals surface area contributed by atoms with E-state index in [1.54, 1.807) is 19.1 Å². The van der Waals surface area contributed by atoms with Gasteiger partial charge in [-0.15, -0.1) is 5.10 Å². The molecule has 0 radical (unpaired) electrons. The maximum absolute atomic E-state index is 13.9. The van der Waals surface area contributed by atoms with Crippen molar-refractivity contribution in [3.05, 3.63) is 70.1 Å². The summed E-state index contributed by atoms with van der Waals surface area (Å²) in [6, 6.07) is 7.92. The number of nitrogens with zero attached hydrogens (tertiary/aromatic N) is 6. The predicted molar refractivity (Wildman–Crippen MR) is 147 cm³/mol. The molecule has 3 heterocycles. The average molecular weight is 579 g/mol. The molecule has 0 spiro atoms. The lowest BCUT2D eigenvalue weighted by Gasteiger charge is -2.62. The smallest absolute Gasteiger partial charge is 0.263 e. The molecule has 0 saturated heterocycles. The molecule has 4 fully saturated rings. The zero-order valence-electron chi connectivity index (χ0n) is 22.1. The van der Waals surface area contributed by atoms with Gasteiger partial charge in [-0.1, -0.05) is 22.9 Å². The lowest BCUT2D eigenvalue weighted by atomic mass is 9.44. The SMILES string of the molecule is Cc1nc(F)ccc1C(Nc1cc(Cl)c2ncc(C#N)c(NCC34CC(C3)C4)c2c1)c1cn(C2(C(F)F)CC2)nn1. The number of anilines is 2. The number of fused-ring (bicyclic) bond motifs is 1. The van der Waals surface area contributed by atoms with Crippen molar-refractivity contribution in [1.29, 1.82) is 5.26 Å². The highest BCUT2D eigenvalue weighted by molar-refractivity contribution is 6.35. The van der Waals surface area contributed by atoms with Crippen molar-refractivity contribution in [3.8, 4) is 6.07 Å². The number of hydrogen-bond donors (Lipinski definition) is 2. The van der Waals surface area contributed by atoms with E-state index < -0.39 is 24.0 Å². The Labute approximate surface area is 238 Å². The van der Waals surface area contributed by atoms with Crippen LogP contribution in [0, 0.1) is 35.5 Å². The maximum Gasteiger partial charge on any atom is 0.263 e. The molecule has 1 aromatic carbocycles. The van der Waals surface area contributed by atoms with E-state index >= 15 is 0 Å². The van der Waals surface area contributed by atoms with Crippen molar-refractivity contribution in [2.24, 2.45) is 11.3 Å². The Morgan fingerprint density at radius 3 is 2.63 bits per heavy atom. The van der Waals surface area contributed by atoms with E-state index in [4.69, 9.17) is 11.6 Å². The van der Waals surface area contributed by atoms with E-state index in [0.717, 1.165) is 12.5 Å². The second kappa shape index (κ2) is 9.31. The highest BCUT2D eigenvalue weighted by Gasteiger charge is 2.56. The van der Waals surface area contributed by atoms with Gasteiger partial charge in [0, 0.05) is 35.1 Å². The number of aryl methyl sites for hydroxylation is 1. The number of rotatable bonds is 9. The van der Waals surface area contributed by atoms with Crippen LogP contribution in [0.1, 0.15) is 60.7 Å². The lowest BCUT2D eigenvalue weighted by molar-refractivity contribution is -0.0929. The van der Waals surface area contributed by atoms with Crippen LogP contribution in [0.2, 0.25) is 5.02 Å². The summed E-state index contributed by atoms with van der Waals surface area (Å²) in [5, 5.41) is 26.1. The second-order valence-corrected chi connectivity index (χ2v) is 12.1. The highest BCUT2D eigenvalue weighted by atomic mass is 35.5. The number of nitriles is 1. The Kier molecular flexibility index (Phi) is 5.91. The van der Waals surface area contributed by atoms with Gasteiger partial charge in [0.2, 0.25) is 5.95 Å². The number of alkyl halides is 2. The first kappa shape index (κ1) is 26.0. The van der Waals surface area contributed by atoms with Crippen LogP contribution in [0.5, 0.6) is 0 Å². The summed E-state index contributed by atoms with van der Waals surface area (Å²) >= 11 is 6.71. The van der Waals surface area contributed by atoms with Crippen molar-refractivity contribution in [2.45, 2.75) is 57.0 Å². The van der Waals surface area contributed by atoms with Crippen molar-refractivity contribution in [3.63, 3.8) is 0 Å². The summed E-state index contributed by atoms with van der Waals surface area (Å²) < 4.78 is 42.8. The van der Waals surface area contributed by atoms with E-state index in [1.165, 1.54) is 42.4 Å². The van der Waals surface area contributed by atoms with Gasteiger partial charge in [-0.25, -0.2) is 18.4 Å². The normalized spacial score (nSPS) is 22.5. The number of hydrogen-bond acceptors (Lipinski definition) is 7. The Balaban J connectivity index is 1.29. The van der Waals surface area contributed by atoms with Crippen LogP contribution in [-0.4, -0.2) is 37.9 Å². The van der Waals surface area contributed by atoms with Gasteiger partial charge in [-0.2, -0.15) is 9.65 Å². The van der Waals surface area contributed by atoms with Crippen LogP contribution in [0.15, 0.2) is 36.7 Å². The summed E-state index contributed by atoms with van der Waals surface area (Å²) in [6.45, 7) is 2.44. The van der Waals surface area contributed by atoms with E-state index in [-0.39, 0.29) is 0 Å². The van der Waals surface area contributed by atoms with Crippen LogP contribution in [0.4, 0.5) is 24.5 Å². The number of halogens is 4. The molecule has 3 aromatic heterocycles. The molecule has 4 aliphatic rings. The third kappa shape index (κ3) is 4.27. The summed E-state index contributed by atoms with van der Waals surface area (Å²) in [5.74, 6) is 0.202. The highest BCUT2D eigenvalue weighted by Crippen LogP contribution is 2.64. The molecule has 8 nitrogen and oxygen atoms in total. The third-order valence-electron chi connectivity index (χ3n) is 9.00. The average Bonchev–Trinajstić information content (AvgIpc) is 3.56. The minimum absolute atomic E-state index is 0.299. The van der Waals surface area contributed by atoms with Crippen LogP contribution in [0.3, 0.4) is 0 Å². The second-order valence-electron chi connectivity index (χ2n) is 11.7. The Bertz CT molecular complexity index is 1710. The number of nitrogens with one attached hydrogen (secondary N) is 2. The summed E-state index contributed by atoms with van der Waals surface area (Å²) in [6.07, 6.45) is 4.71. The molecule has 4 aliphatic carbocycles. The lowest BCUT2D eigenvalue weighted by Crippen LogP contribution is -2.55. The van der Waals surface area contributed by atoms with Gasteiger partial charge in [-0.05, 0) is 68.6 Å². The van der Waals surface area contributed by atoms with Gasteiger partial charge in [-0.3, -0.25) is 4.98 Å². The van der Waals surface area contributed by atoms with Gasteiger partial charge in [0.1, 0.15) is 17.3 Å². The largest absolute Gasteiger partial charge is 0.383 e. The Hall–Kier alpha value is -3.91. The molecule has 210 valence electrons. The van der Waals surface area contributed by atoms with Crippen molar-refractivity contribution in [2.75, 3.05) is 17.2 Å². The van der Waals surface area contributed by atoms with Gasteiger partial charge in [0.05, 0.1) is 34.0 Å². The van der Waals surface area contributed by atoms with Gasteiger partial charge >= 0.3 is 0 Å². The van der Waals surface area contributed by atoms with Crippen LogP contribution < -0.4 is 10.6 Å². The first-order valence-electron chi connectivity index (χ1n) is 13.6.